The quantitative estimate of drug-likeness (QED) is 0.484. The molecule has 184 valence electrons. The summed E-state index contributed by atoms with van der Waals surface area (Å²) in [6.07, 6.45) is 3.82. The van der Waals surface area contributed by atoms with Crippen molar-refractivity contribution in [3.63, 3.8) is 0 Å². The lowest BCUT2D eigenvalue weighted by Crippen LogP contribution is -2.43. The van der Waals surface area contributed by atoms with Gasteiger partial charge >= 0.3 is 0 Å². The number of piperidine rings is 1. The second kappa shape index (κ2) is 10.1. The molecule has 2 atom stereocenters. The number of amides is 2. The molecule has 2 aromatic carbocycles. The fourth-order valence-corrected chi connectivity index (χ4v) is 5.46. The second-order valence-electron chi connectivity index (χ2n) is 9.59. The van der Waals surface area contributed by atoms with E-state index in [4.69, 9.17) is 9.15 Å². The Morgan fingerprint density at radius 2 is 1.86 bits per heavy atom. The van der Waals surface area contributed by atoms with Crippen LogP contribution in [0.1, 0.15) is 62.4 Å². The van der Waals surface area contributed by atoms with E-state index in [1.165, 1.54) is 0 Å². The van der Waals surface area contributed by atoms with Crippen molar-refractivity contribution in [2.75, 3.05) is 26.7 Å². The highest BCUT2D eigenvalue weighted by molar-refractivity contribution is 5.90. The van der Waals surface area contributed by atoms with E-state index in [2.05, 4.69) is 11.9 Å². The maximum atomic E-state index is 13.7. The lowest BCUT2D eigenvalue weighted by Gasteiger charge is -2.35. The molecule has 3 heterocycles. The van der Waals surface area contributed by atoms with Crippen LogP contribution in [0, 0.1) is 5.92 Å². The number of hydrogen-bond acceptors (Lipinski definition) is 5. The molecule has 2 saturated heterocycles. The van der Waals surface area contributed by atoms with Crippen LogP contribution in [0.5, 0.6) is 5.75 Å². The zero-order valence-corrected chi connectivity index (χ0v) is 20.5. The van der Waals surface area contributed by atoms with Crippen molar-refractivity contribution in [1.29, 1.82) is 0 Å². The Morgan fingerprint density at radius 1 is 1.11 bits per heavy atom. The third kappa shape index (κ3) is 4.64. The number of fused-ring (bicyclic) bond motifs is 1. The molecule has 1 aromatic heterocycles. The smallest absolute Gasteiger partial charge is 0.228 e. The van der Waals surface area contributed by atoms with Crippen LogP contribution < -0.4 is 4.74 Å². The van der Waals surface area contributed by atoms with Crippen LogP contribution in [0.2, 0.25) is 0 Å². The van der Waals surface area contributed by atoms with Gasteiger partial charge in [0.25, 0.3) is 0 Å². The van der Waals surface area contributed by atoms with Crippen molar-refractivity contribution in [1.82, 2.24) is 14.8 Å². The third-order valence-electron chi connectivity index (χ3n) is 7.43. The summed E-state index contributed by atoms with van der Waals surface area (Å²) in [6.45, 7) is 4.09. The number of oxazole rings is 1. The van der Waals surface area contributed by atoms with E-state index in [-0.39, 0.29) is 36.1 Å². The van der Waals surface area contributed by atoms with Crippen LogP contribution in [0.15, 0.2) is 52.9 Å². The van der Waals surface area contributed by atoms with Crippen molar-refractivity contribution in [3.05, 3.63) is 60.0 Å². The standard InChI is InChI=1S/C28H33N3O4/c1-3-4-15-31-25(32)18-22(26(31)19-9-11-21(34-2)12-10-19)28(33)30-16-13-20(14-17-30)27-29-23-7-5-6-8-24(23)35-27/h5-12,20,22,26H,3-4,13-18H2,1-2H3/t22-,26-/m0/s1. The molecule has 0 bridgehead atoms. The number of nitrogens with zero attached hydrogens (tertiary/aromatic N) is 3. The maximum absolute atomic E-state index is 13.7. The van der Waals surface area contributed by atoms with Crippen LogP contribution in [0.3, 0.4) is 0 Å². The number of likely N-dealkylation sites (tertiary alicyclic amines) is 2. The zero-order valence-electron chi connectivity index (χ0n) is 20.5. The van der Waals surface area contributed by atoms with Gasteiger partial charge in [0.05, 0.1) is 19.1 Å². The minimum absolute atomic E-state index is 0.0685. The highest BCUT2D eigenvalue weighted by Gasteiger charge is 2.46. The number of carbonyl (C=O) groups excluding carboxylic acids is 2. The minimum Gasteiger partial charge on any atom is -0.497 e. The average molecular weight is 476 g/mol. The number of rotatable bonds is 7. The van der Waals surface area contributed by atoms with Gasteiger partial charge in [0.2, 0.25) is 11.8 Å². The van der Waals surface area contributed by atoms with Crippen molar-refractivity contribution < 1.29 is 18.7 Å². The molecule has 0 radical (unpaired) electrons. The largest absolute Gasteiger partial charge is 0.497 e. The second-order valence-corrected chi connectivity index (χ2v) is 9.59. The number of aromatic nitrogens is 1. The molecule has 5 rings (SSSR count). The first-order valence-corrected chi connectivity index (χ1v) is 12.7. The van der Waals surface area contributed by atoms with Crippen molar-refractivity contribution >= 4 is 22.9 Å². The van der Waals surface area contributed by atoms with Gasteiger partial charge in [-0.1, -0.05) is 37.6 Å². The Kier molecular flexibility index (Phi) is 6.75. The molecule has 2 aliphatic heterocycles. The summed E-state index contributed by atoms with van der Waals surface area (Å²) in [5, 5.41) is 0. The Balaban J connectivity index is 1.31. The van der Waals surface area contributed by atoms with E-state index in [0.29, 0.717) is 19.6 Å². The van der Waals surface area contributed by atoms with E-state index >= 15 is 0 Å². The van der Waals surface area contributed by atoms with E-state index in [0.717, 1.165) is 54.0 Å². The van der Waals surface area contributed by atoms with Gasteiger partial charge in [0.15, 0.2) is 11.5 Å². The molecule has 2 fully saturated rings. The molecule has 0 saturated carbocycles. The van der Waals surface area contributed by atoms with Gasteiger partial charge in [-0.3, -0.25) is 9.59 Å². The number of unbranched alkanes of at least 4 members (excludes halogenated alkanes) is 1. The topological polar surface area (TPSA) is 75.9 Å². The number of ether oxygens (including phenoxy) is 1. The Hall–Kier alpha value is -3.35. The molecule has 0 aliphatic carbocycles. The van der Waals surface area contributed by atoms with Gasteiger partial charge in [-0.05, 0) is 49.1 Å². The zero-order chi connectivity index (χ0) is 24.4. The predicted molar refractivity (Wildman–Crippen MR) is 133 cm³/mol. The van der Waals surface area contributed by atoms with E-state index in [9.17, 15) is 9.59 Å². The summed E-state index contributed by atoms with van der Waals surface area (Å²) in [4.78, 5) is 35.3. The van der Waals surface area contributed by atoms with E-state index in [1.54, 1.807) is 7.11 Å². The van der Waals surface area contributed by atoms with Crippen molar-refractivity contribution in [2.45, 2.75) is 51.0 Å². The predicted octanol–water partition coefficient (Wildman–Crippen LogP) is 4.93. The Morgan fingerprint density at radius 3 is 2.54 bits per heavy atom. The van der Waals surface area contributed by atoms with Crippen LogP contribution in [-0.4, -0.2) is 53.3 Å². The Labute approximate surface area is 206 Å². The van der Waals surface area contributed by atoms with Gasteiger partial charge in [0.1, 0.15) is 11.3 Å². The van der Waals surface area contributed by atoms with E-state index < -0.39 is 0 Å². The first-order chi connectivity index (χ1) is 17.1. The highest BCUT2D eigenvalue weighted by atomic mass is 16.5. The number of benzene rings is 2. The molecular formula is C28H33N3O4. The van der Waals surface area contributed by atoms with Gasteiger partial charge < -0.3 is 19.0 Å². The van der Waals surface area contributed by atoms with Gasteiger partial charge in [-0.2, -0.15) is 0 Å². The first kappa shape index (κ1) is 23.4. The SMILES string of the molecule is CCCCN1C(=O)C[C@H](C(=O)N2CCC(c3nc4ccccc4o3)CC2)[C@@H]1c1ccc(OC)cc1. The van der Waals surface area contributed by atoms with E-state index in [1.807, 2.05) is 58.3 Å². The van der Waals surface area contributed by atoms with Gasteiger partial charge in [-0.15, -0.1) is 0 Å². The summed E-state index contributed by atoms with van der Waals surface area (Å²) in [6, 6.07) is 15.4. The summed E-state index contributed by atoms with van der Waals surface area (Å²) >= 11 is 0. The normalized spacial score (nSPS) is 21.1. The molecule has 3 aromatic rings. The monoisotopic (exact) mass is 475 g/mol. The summed E-state index contributed by atoms with van der Waals surface area (Å²) in [7, 11) is 1.64. The molecule has 7 nitrogen and oxygen atoms in total. The van der Waals surface area contributed by atoms with Gasteiger partial charge in [0, 0.05) is 32.0 Å². The number of methoxy groups -OCH3 is 1. The lowest BCUT2D eigenvalue weighted by molar-refractivity contribution is -0.137. The molecule has 7 heteroatoms. The summed E-state index contributed by atoms with van der Waals surface area (Å²) < 4.78 is 11.3. The van der Waals surface area contributed by atoms with Crippen LogP contribution in [-0.2, 0) is 9.59 Å². The first-order valence-electron chi connectivity index (χ1n) is 12.7. The van der Waals surface area contributed by atoms with Crippen LogP contribution in [0.4, 0.5) is 0 Å². The minimum atomic E-state index is -0.367. The molecule has 35 heavy (non-hydrogen) atoms. The number of hydrogen-bond donors (Lipinski definition) is 0. The summed E-state index contributed by atoms with van der Waals surface area (Å²) in [5.74, 6) is 1.51. The average Bonchev–Trinajstić information content (AvgIpc) is 3.48. The fourth-order valence-electron chi connectivity index (χ4n) is 5.46. The molecule has 0 unspecified atom stereocenters. The molecule has 2 amide bonds. The summed E-state index contributed by atoms with van der Waals surface area (Å²) in [5.41, 5.74) is 2.67. The maximum Gasteiger partial charge on any atom is 0.228 e. The molecule has 2 aliphatic rings. The fraction of sp³-hybridized carbons (Fsp3) is 0.464. The van der Waals surface area contributed by atoms with Crippen molar-refractivity contribution in [2.24, 2.45) is 5.92 Å². The van der Waals surface area contributed by atoms with Gasteiger partial charge in [-0.25, -0.2) is 4.98 Å². The molecule has 0 N–H and O–H groups in total. The Bertz CT molecular complexity index is 1150. The number of para-hydroxylation sites is 2. The molecular weight excluding hydrogens is 442 g/mol. The van der Waals surface area contributed by atoms with Crippen LogP contribution >= 0.6 is 0 Å². The number of carbonyl (C=O) groups is 2. The third-order valence-corrected chi connectivity index (χ3v) is 7.43. The highest BCUT2D eigenvalue weighted by Crippen LogP contribution is 2.41. The lowest BCUT2D eigenvalue weighted by atomic mass is 9.90. The van der Waals surface area contributed by atoms with Crippen molar-refractivity contribution in [3.8, 4) is 5.75 Å². The molecule has 0 spiro atoms. The van der Waals surface area contributed by atoms with Crippen LogP contribution in [0.25, 0.3) is 11.1 Å².